The molecule has 4 saturated heterocycles. The van der Waals surface area contributed by atoms with E-state index in [-0.39, 0.29) is 41.6 Å². The zero-order valence-electron chi connectivity index (χ0n) is 51.3. The van der Waals surface area contributed by atoms with Gasteiger partial charge in [-0.15, -0.1) is 0 Å². The lowest BCUT2D eigenvalue weighted by atomic mass is 9.81. The van der Waals surface area contributed by atoms with E-state index in [0.29, 0.717) is 81.4 Å². The number of thioether (sulfide) groups is 2. The summed E-state index contributed by atoms with van der Waals surface area (Å²) in [5.74, 6) is -1.11. The molecular weight excluding hydrogens is 1220 g/mol. The van der Waals surface area contributed by atoms with E-state index in [1.165, 1.54) is 35.0 Å². The molecule has 8 atom stereocenters. The molecule has 2 N–H and O–H groups in total. The van der Waals surface area contributed by atoms with E-state index < -0.39 is 29.1 Å². The summed E-state index contributed by atoms with van der Waals surface area (Å²) in [6.45, 7) is 23.8. The Kier molecular flexibility index (Phi) is 20.0. The van der Waals surface area contributed by atoms with Gasteiger partial charge in [-0.05, 0) is 174 Å². The van der Waals surface area contributed by atoms with Gasteiger partial charge in [0.2, 0.25) is 5.91 Å². The number of carbonyl (C=O) groups excluding carboxylic acids is 3. The second-order valence-corrected chi connectivity index (χ2v) is 28.7. The van der Waals surface area contributed by atoms with Crippen LogP contribution in [0.5, 0.6) is 0 Å². The molecule has 4 aromatic rings. The van der Waals surface area contributed by atoms with Crippen LogP contribution in [0.2, 0.25) is 20.1 Å². The highest BCUT2D eigenvalue weighted by atomic mass is 35.5. The van der Waals surface area contributed by atoms with Gasteiger partial charge >= 0.3 is 5.97 Å². The maximum absolute atomic E-state index is 14.4. The second kappa shape index (κ2) is 26.8. The molecule has 4 aromatic carbocycles. The molecule has 4 fully saturated rings. The van der Waals surface area contributed by atoms with E-state index in [4.69, 9.17) is 56.4 Å². The monoisotopic (exact) mass is 1300 g/mol. The minimum absolute atomic E-state index is 0.0115. The first-order valence-electron chi connectivity index (χ1n) is 30.3. The van der Waals surface area contributed by atoms with Crippen LogP contribution in [0.4, 0.5) is 0 Å². The molecule has 0 bridgehead atoms. The molecule has 0 aliphatic carbocycles. The predicted octanol–water partition coefficient (Wildman–Crippen LogP) is 12.6. The summed E-state index contributed by atoms with van der Waals surface area (Å²) in [6, 6.07) is 30.6. The summed E-state index contributed by atoms with van der Waals surface area (Å²) in [5, 5.41) is 17.2. The SMILES string of the molecule is CC(C)C1=C(C(=O)N2CCC[C@H]2C(=O)N2CCN(C)[C@H](C)C2)SC2=N[C@@](C)(c3ccc(Cl)cc3)[C@@H](c3ccc(Cl)cc3)N21.CC(C)C1=C(C(=O)N2CCC[C@H]2C(=O)O)SC2=N[C@@](C)(c3ccc(Cl)cc3)[C@@H](c3ccc(Cl)cc3)N21.C[C@@H]1CNCCN1C. The smallest absolute Gasteiger partial charge is 0.326 e. The van der Waals surface area contributed by atoms with E-state index in [0.717, 1.165) is 76.1 Å². The number of carbonyl (C=O) groups is 4. The van der Waals surface area contributed by atoms with Crippen molar-refractivity contribution in [2.24, 2.45) is 21.8 Å². The van der Waals surface area contributed by atoms with Crippen molar-refractivity contribution in [3.05, 3.63) is 161 Å². The maximum atomic E-state index is 14.4. The number of amides is 3. The Morgan fingerprint density at radius 2 is 0.977 bits per heavy atom. The van der Waals surface area contributed by atoms with E-state index >= 15 is 0 Å². The maximum Gasteiger partial charge on any atom is 0.326 e. The molecule has 8 heterocycles. The summed E-state index contributed by atoms with van der Waals surface area (Å²) in [7, 11) is 4.27. The summed E-state index contributed by atoms with van der Waals surface area (Å²) < 4.78 is 0. The molecule has 464 valence electrons. The average molecular weight is 1300 g/mol. The van der Waals surface area contributed by atoms with Gasteiger partial charge in [0.25, 0.3) is 11.8 Å². The first kappa shape index (κ1) is 64.9. The minimum Gasteiger partial charge on any atom is -0.480 e. The Labute approximate surface area is 541 Å². The molecule has 87 heavy (non-hydrogen) atoms. The molecule has 0 spiro atoms. The van der Waals surface area contributed by atoms with Crippen molar-refractivity contribution in [2.75, 3.05) is 66.5 Å². The molecule has 15 nitrogen and oxygen atoms in total. The number of likely N-dealkylation sites (N-methyl/N-ethyl adjacent to an activating group) is 2. The third-order valence-corrected chi connectivity index (χ3v) is 21.6. The molecule has 3 amide bonds. The molecule has 0 aromatic heterocycles. The van der Waals surface area contributed by atoms with Gasteiger partial charge in [0.15, 0.2) is 10.3 Å². The molecule has 0 unspecified atom stereocenters. The molecule has 8 aliphatic rings. The topological polar surface area (TPSA) is 148 Å². The highest BCUT2D eigenvalue weighted by Crippen LogP contribution is 2.58. The first-order valence-corrected chi connectivity index (χ1v) is 33.5. The number of nitrogens with one attached hydrogen (secondary N) is 1. The van der Waals surface area contributed by atoms with Gasteiger partial charge in [-0.25, -0.2) is 14.8 Å². The molecule has 0 saturated carbocycles. The third-order valence-electron chi connectivity index (χ3n) is 18.4. The van der Waals surface area contributed by atoms with E-state index in [9.17, 15) is 24.3 Å². The summed E-state index contributed by atoms with van der Waals surface area (Å²) in [4.78, 5) is 79.9. The molecule has 0 radical (unpaired) electrons. The van der Waals surface area contributed by atoms with Gasteiger partial charge in [-0.3, -0.25) is 14.4 Å². The Balaban J connectivity index is 0.000000172. The number of piperazine rings is 2. The predicted molar refractivity (Wildman–Crippen MR) is 354 cm³/mol. The Morgan fingerprint density at radius 3 is 1.36 bits per heavy atom. The number of amidine groups is 2. The van der Waals surface area contributed by atoms with E-state index in [2.05, 4.69) is 94.4 Å². The van der Waals surface area contributed by atoms with Crippen molar-refractivity contribution in [3.63, 3.8) is 0 Å². The zero-order valence-corrected chi connectivity index (χ0v) is 55.9. The standard InChI is InChI=1S/C33H39Cl2N5O2S.C27H27Cl2N3O3S.C6H14N2/c1-20(2)27-28(31(42)39-16-6-7-26(39)30(41)38-18-17-37(5)21(3)19-38)43-32-36-33(4,23-10-14-25(35)15-11-23)29(40(27)32)22-8-12-24(34)13-9-22;1-15(2)21-22(24(33)31-14-4-5-20(31)25(34)35)36-26-30-27(3,17-8-12-19(29)13-9-17)23(32(21)26)16-6-10-18(28)11-7-16;1-6-5-7-3-4-8(6)2/h8-15,20-21,26,29H,6-7,16-19H2,1-5H3;6-13,15,20,23H,4-5,14H2,1-3H3,(H,34,35);6-7H,3-5H2,1-2H3/t21-,26+,29-,33+;20-,23+,27-;6-/m101/s1. The van der Waals surface area contributed by atoms with Gasteiger partial charge in [0.1, 0.15) is 33.0 Å². The van der Waals surface area contributed by atoms with E-state index in [1.54, 1.807) is 0 Å². The van der Waals surface area contributed by atoms with Crippen LogP contribution in [0.25, 0.3) is 0 Å². The van der Waals surface area contributed by atoms with E-state index in [1.807, 2.05) is 107 Å². The average Bonchev–Trinajstić information content (AvgIpc) is 1.58. The minimum atomic E-state index is -0.956. The second-order valence-electron chi connectivity index (χ2n) is 25.0. The van der Waals surface area contributed by atoms with Crippen molar-refractivity contribution in [3.8, 4) is 0 Å². The summed E-state index contributed by atoms with van der Waals surface area (Å²) in [6.07, 6.45) is 2.69. The quantitative estimate of drug-likeness (QED) is 0.156. The molecule has 12 rings (SSSR count). The number of aliphatic carboxylic acids is 1. The fourth-order valence-electron chi connectivity index (χ4n) is 13.3. The number of carboxylic acid groups (broad SMARTS) is 1. The van der Waals surface area contributed by atoms with Crippen LogP contribution in [0.3, 0.4) is 0 Å². The summed E-state index contributed by atoms with van der Waals surface area (Å²) >= 11 is 27.8. The van der Waals surface area contributed by atoms with Crippen molar-refractivity contribution >= 4 is 104 Å². The number of benzene rings is 4. The number of nitrogens with zero attached hydrogens (tertiary/aromatic N) is 9. The van der Waals surface area contributed by atoms with Crippen molar-refractivity contribution in [1.82, 2.24) is 39.6 Å². The van der Waals surface area contributed by atoms with Crippen molar-refractivity contribution in [1.29, 1.82) is 0 Å². The number of rotatable bonds is 10. The number of carboxylic acids is 1. The number of likely N-dealkylation sites (tertiary alicyclic amines) is 2. The van der Waals surface area contributed by atoms with Crippen LogP contribution in [0, 0.1) is 11.8 Å². The van der Waals surface area contributed by atoms with Crippen LogP contribution in [0.15, 0.2) is 128 Å². The largest absolute Gasteiger partial charge is 0.480 e. The molecule has 8 aliphatic heterocycles. The Morgan fingerprint density at radius 1 is 0.575 bits per heavy atom. The lowest BCUT2D eigenvalue weighted by molar-refractivity contribution is -0.146. The number of hydrogen-bond acceptors (Lipinski definition) is 13. The zero-order chi connectivity index (χ0) is 62.4. The Hall–Kier alpha value is -5.08. The van der Waals surface area contributed by atoms with Gasteiger partial charge in [-0.1, -0.05) is 123 Å². The highest BCUT2D eigenvalue weighted by molar-refractivity contribution is 8.18. The number of halogens is 4. The fourth-order valence-corrected chi connectivity index (χ4v) is 16.6. The van der Waals surface area contributed by atoms with Gasteiger partial charge < -0.3 is 44.7 Å². The summed E-state index contributed by atoms with van der Waals surface area (Å²) in [5.41, 5.74) is 4.69. The van der Waals surface area contributed by atoms with Crippen LogP contribution in [-0.2, 0) is 30.3 Å². The first-order chi connectivity index (χ1) is 41.4. The van der Waals surface area contributed by atoms with Crippen LogP contribution >= 0.6 is 69.9 Å². The lowest BCUT2D eigenvalue weighted by Crippen LogP contribution is -2.56. The van der Waals surface area contributed by atoms with Gasteiger partial charge in [-0.2, -0.15) is 0 Å². The third kappa shape index (κ3) is 13.0. The van der Waals surface area contributed by atoms with Crippen LogP contribution < -0.4 is 5.32 Å². The van der Waals surface area contributed by atoms with Gasteiger partial charge in [0.05, 0.1) is 12.1 Å². The number of fused-ring (bicyclic) bond motifs is 2. The molecule has 21 heteroatoms. The number of allylic oxidation sites excluding steroid dienone is 2. The van der Waals surface area contributed by atoms with Gasteiger partial charge in [0, 0.05) is 95.9 Å². The van der Waals surface area contributed by atoms with Crippen LogP contribution in [-0.4, -0.2) is 164 Å². The number of hydrogen-bond donors (Lipinski definition) is 2. The normalized spacial score (nSPS) is 27.3. The highest BCUT2D eigenvalue weighted by Gasteiger charge is 2.56. The fraction of sp³-hybridized carbons (Fsp3) is 0.485. The van der Waals surface area contributed by atoms with Crippen molar-refractivity contribution in [2.45, 2.75) is 128 Å². The van der Waals surface area contributed by atoms with Crippen LogP contribution in [0.1, 0.15) is 115 Å². The number of aliphatic imine (C=N–C) groups is 2. The lowest BCUT2D eigenvalue weighted by Gasteiger charge is -2.40. The molecular formula is C66H80Cl4N10O5S2. The van der Waals surface area contributed by atoms with Crippen molar-refractivity contribution < 1.29 is 24.3 Å². The Bertz CT molecular complexity index is 3360.